The molecule has 0 saturated heterocycles. The van der Waals surface area contributed by atoms with E-state index in [9.17, 15) is 14.9 Å². The van der Waals surface area contributed by atoms with Crippen LogP contribution in [0.1, 0.15) is 17.4 Å². The van der Waals surface area contributed by atoms with Gasteiger partial charge in [-0.25, -0.2) is 4.79 Å². The SMILES string of the molecule is CCOC(=O)c1coc(-n2nc([N+](=O)[O-])nc2Br)n1. The minimum atomic E-state index is -0.767. The number of nitrogens with zero attached hydrogens (tertiary/aromatic N) is 5. The molecule has 0 radical (unpaired) electrons. The van der Waals surface area contributed by atoms with Crippen LogP contribution in [0.25, 0.3) is 6.01 Å². The Labute approximate surface area is 113 Å². The van der Waals surface area contributed by atoms with E-state index in [0.717, 1.165) is 10.9 Å². The van der Waals surface area contributed by atoms with Gasteiger partial charge in [-0.05, 0) is 16.8 Å². The highest BCUT2D eigenvalue weighted by molar-refractivity contribution is 9.10. The van der Waals surface area contributed by atoms with Crippen molar-refractivity contribution in [2.75, 3.05) is 6.61 Å². The number of hydrogen-bond acceptors (Lipinski definition) is 8. The summed E-state index contributed by atoms with van der Waals surface area (Å²) in [6, 6.07) is -0.143. The van der Waals surface area contributed by atoms with Crippen LogP contribution in [0.4, 0.5) is 5.95 Å². The standard InChI is InChI=1S/C8H6BrN5O5/c1-2-18-5(15)4-3-19-8(10-4)13-6(9)11-7(12-13)14(16)17/h3H,2H2,1H3. The first-order valence-electron chi connectivity index (χ1n) is 4.93. The van der Waals surface area contributed by atoms with Crippen molar-refractivity contribution in [2.24, 2.45) is 0 Å². The molecule has 2 aromatic rings. The third-order valence-corrected chi connectivity index (χ3v) is 2.39. The first kappa shape index (κ1) is 13.1. The van der Waals surface area contributed by atoms with Crippen LogP contribution in [0.2, 0.25) is 0 Å². The summed E-state index contributed by atoms with van der Waals surface area (Å²) in [6.07, 6.45) is 1.06. The van der Waals surface area contributed by atoms with Gasteiger partial charge in [0.15, 0.2) is 5.69 Å². The van der Waals surface area contributed by atoms with E-state index in [1.165, 1.54) is 0 Å². The summed E-state index contributed by atoms with van der Waals surface area (Å²) < 4.78 is 10.7. The van der Waals surface area contributed by atoms with Gasteiger partial charge >= 0.3 is 17.9 Å². The van der Waals surface area contributed by atoms with Crippen molar-refractivity contribution in [1.29, 1.82) is 0 Å². The second kappa shape index (κ2) is 5.14. The molecule has 0 aliphatic heterocycles. The Morgan fingerprint density at radius 1 is 1.63 bits per heavy atom. The Hall–Kier alpha value is -2.30. The van der Waals surface area contributed by atoms with Crippen LogP contribution in [0.3, 0.4) is 0 Å². The van der Waals surface area contributed by atoms with E-state index < -0.39 is 16.8 Å². The van der Waals surface area contributed by atoms with E-state index in [4.69, 9.17) is 9.15 Å². The van der Waals surface area contributed by atoms with Crippen molar-refractivity contribution in [1.82, 2.24) is 19.7 Å². The third-order valence-electron chi connectivity index (χ3n) is 1.88. The molecule has 0 aliphatic rings. The van der Waals surface area contributed by atoms with E-state index >= 15 is 0 Å². The first-order chi connectivity index (χ1) is 9.02. The third kappa shape index (κ3) is 2.59. The molecule has 0 N–H and O–H groups in total. The van der Waals surface area contributed by atoms with Crippen molar-refractivity contribution < 1.29 is 18.9 Å². The number of aromatic nitrogens is 4. The molecule has 0 aromatic carbocycles. The highest BCUT2D eigenvalue weighted by atomic mass is 79.9. The van der Waals surface area contributed by atoms with Crippen molar-refractivity contribution >= 4 is 27.8 Å². The predicted octanol–water partition coefficient (Wildman–Crippen LogP) is 1.10. The molecule has 100 valence electrons. The fraction of sp³-hybridized carbons (Fsp3) is 0.250. The molecule has 0 fully saturated rings. The number of carbonyl (C=O) groups is 1. The molecule has 0 aliphatic carbocycles. The largest absolute Gasteiger partial charge is 0.492 e. The van der Waals surface area contributed by atoms with Gasteiger partial charge in [0.25, 0.3) is 4.73 Å². The number of ether oxygens (including phenoxy) is 1. The molecule has 0 atom stereocenters. The summed E-state index contributed by atoms with van der Waals surface area (Å²) in [4.78, 5) is 28.5. The van der Waals surface area contributed by atoms with Gasteiger partial charge in [0.05, 0.1) is 6.61 Å². The molecule has 0 spiro atoms. The van der Waals surface area contributed by atoms with Gasteiger partial charge in [-0.2, -0.15) is 4.98 Å². The summed E-state index contributed by atoms with van der Waals surface area (Å²) in [5.41, 5.74) is -0.0677. The van der Waals surface area contributed by atoms with E-state index in [0.29, 0.717) is 0 Å². The molecule has 0 unspecified atom stereocenters. The van der Waals surface area contributed by atoms with Crippen LogP contribution in [0.5, 0.6) is 0 Å². The molecular formula is C8H6BrN5O5. The number of carbonyl (C=O) groups excluding carboxylic acids is 1. The Morgan fingerprint density at radius 2 is 2.37 bits per heavy atom. The summed E-state index contributed by atoms with van der Waals surface area (Å²) in [5, 5.41) is 14.1. The van der Waals surface area contributed by atoms with Gasteiger partial charge in [0, 0.05) is 21.0 Å². The molecule has 0 amide bonds. The average molecular weight is 332 g/mol. The lowest BCUT2D eigenvalue weighted by atomic mass is 10.5. The first-order valence-corrected chi connectivity index (χ1v) is 5.72. The number of nitro groups is 1. The lowest BCUT2D eigenvalue weighted by molar-refractivity contribution is -0.394. The number of halogens is 1. The molecular weight excluding hydrogens is 326 g/mol. The Kier molecular flexibility index (Phi) is 3.55. The molecule has 2 heterocycles. The van der Waals surface area contributed by atoms with E-state index in [1.807, 2.05) is 0 Å². The van der Waals surface area contributed by atoms with E-state index in [2.05, 4.69) is 31.0 Å². The Morgan fingerprint density at radius 3 is 2.95 bits per heavy atom. The summed E-state index contributed by atoms with van der Waals surface area (Å²) >= 11 is 2.97. The topological polar surface area (TPSA) is 126 Å². The average Bonchev–Trinajstić information content (AvgIpc) is 2.95. The minimum absolute atomic E-state index is 0.0245. The molecule has 2 rings (SSSR count). The fourth-order valence-electron chi connectivity index (χ4n) is 1.14. The van der Waals surface area contributed by atoms with Crippen molar-refractivity contribution in [3.63, 3.8) is 0 Å². The minimum Gasteiger partial charge on any atom is -0.461 e. The second-order valence-corrected chi connectivity index (χ2v) is 3.79. The van der Waals surface area contributed by atoms with Gasteiger partial charge in [-0.15, -0.1) is 0 Å². The summed E-state index contributed by atoms with van der Waals surface area (Å²) in [6.45, 7) is 1.84. The summed E-state index contributed by atoms with van der Waals surface area (Å²) in [7, 11) is 0. The lowest BCUT2D eigenvalue weighted by Gasteiger charge is -1.94. The number of oxazole rings is 1. The molecule has 11 heteroatoms. The quantitative estimate of drug-likeness (QED) is 0.463. The van der Waals surface area contributed by atoms with Crippen LogP contribution in [-0.4, -0.2) is 37.2 Å². The predicted molar refractivity (Wildman–Crippen MR) is 61.7 cm³/mol. The van der Waals surface area contributed by atoms with Gasteiger partial charge in [-0.3, -0.25) is 0 Å². The van der Waals surface area contributed by atoms with Crippen molar-refractivity contribution in [3.05, 3.63) is 26.8 Å². The smallest absolute Gasteiger partial charge is 0.461 e. The molecule has 0 saturated carbocycles. The molecule has 19 heavy (non-hydrogen) atoms. The normalized spacial score (nSPS) is 10.4. The highest BCUT2D eigenvalue weighted by Crippen LogP contribution is 2.17. The molecule has 2 aromatic heterocycles. The Balaban J connectivity index is 2.32. The van der Waals surface area contributed by atoms with Crippen LogP contribution in [-0.2, 0) is 4.74 Å². The zero-order valence-corrected chi connectivity index (χ0v) is 11.0. The van der Waals surface area contributed by atoms with Gasteiger partial charge in [0.1, 0.15) is 6.26 Å². The lowest BCUT2D eigenvalue weighted by Crippen LogP contribution is -2.06. The number of hydrogen-bond donors (Lipinski definition) is 0. The molecule has 0 bridgehead atoms. The van der Waals surface area contributed by atoms with Crippen LogP contribution < -0.4 is 0 Å². The molecule has 10 nitrogen and oxygen atoms in total. The number of esters is 1. The van der Waals surface area contributed by atoms with Gasteiger partial charge in [-0.1, -0.05) is 4.68 Å². The highest BCUT2D eigenvalue weighted by Gasteiger charge is 2.25. The second-order valence-electron chi connectivity index (χ2n) is 3.09. The van der Waals surface area contributed by atoms with E-state index in [1.54, 1.807) is 6.92 Å². The maximum Gasteiger partial charge on any atom is 0.492 e. The maximum atomic E-state index is 11.4. The van der Waals surface area contributed by atoms with Crippen molar-refractivity contribution in [2.45, 2.75) is 6.92 Å². The monoisotopic (exact) mass is 331 g/mol. The van der Waals surface area contributed by atoms with Gasteiger partial charge < -0.3 is 19.3 Å². The summed E-state index contributed by atoms with van der Waals surface area (Å²) in [5.74, 6) is -1.29. The Bertz CT molecular complexity index is 635. The zero-order valence-electron chi connectivity index (χ0n) is 9.44. The maximum absolute atomic E-state index is 11.4. The van der Waals surface area contributed by atoms with Gasteiger partial charge in [0.2, 0.25) is 0 Å². The van der Waals surface area contributed by atoms with Crippen molar-refractivity contribution in [3.8, 4) is 6.01 Å². The number of rotatable bonds is 4. The zero-order chi connectivity index (χ0) is 14.0. The van der Waals surface area contributed by atoms with E-state index in [-0.39, 0.29) is 23.0 Å². The van der Waals surface area contributed by atoms with Crippen LogP contribution in [0.15, 0.2) is 15.4 Å². The van der Waals surface area contributed by atoms with Crippen LogP contribution in [0, 0.1) is 10.1 Å². The fourth-order valence-corrected chi connectivity index (χ4v) is 1.53. The van der Waals surface area contributed by atoms with Crippen LogP contribution >= 0.6 is 15.9 Å².